The normalized spacial score (nSPS) is 13.5. The third-order valence-electron chi connectivity index (χ3n) is 1.89. The number of phenols is 1. The molecule has 0 saturated carbocycles. The maximum absolute atomic E-state index is 12.2. The Morgan fingerprint density at radius 1 is 1.41 bits per heavy atom. The van der Waals surface area contributed by atoms with Crippen molar-refractivity contribution in [2.75, 3.05) is 0 Å². The first kappa shape index (κ1) is 13.7. The lowest BCUT2D eigenvalue weighted by Crippen LogP contribution is -2.20. The van der Waals surface area contributed by atoms with E-state index in [-0.39, 0.29) is 4.47 Å². The SMILES string of the molecule is O=[N+]([O-])c1cc(C(O)C(F)(F)F)cc(Br)c1O. The minimum atomic E-state index is -4.94. The molecule has 0 radical (unpaired) electrons. The van der Waals surface area contributed by atoms with Crippen molar-refractivity contribution in [2.45, 2.75) is 12.3 Å². The molecule has 1 atom stereocenters. The second-order valence-corrected chi connectivity index (χ2v) is 3.93. The summed E-state index contributed by atoms with van der Waals surface area (Å²) in [6.07, 6.45) is -7.79. The number of hydrogen-bond donors (Lipinski definition) is 2. The van der Waals surface area contributed by atoms with Crippen molar-refractivity contribution in [1.82, 2.24) is 0 Å². The number of nitro groups is 1. The van der Waals surface area contributed by atoms with Gasteiger partial charge in [-0.15, -0.1) is 0 Å². The number of benzene rings is 1. The zero-order chi connectivity index (χ0) is 13.4. The molecule has 9 heteroatoms. The van der Waals surface area contributed by atoms with Crippen LogP contribution in [0.5, 0.6) is 5.75 Å². The van der Waals surface area contributed by atoms with Gasteiger partial charge in [0.2, 0.25) is 5.75 Å². The summed E-state index contributed by atoms with van der Waals surface area (Å²) in [6, 6.07) is 1.23. The third kappa shape index (κ3) is 2.86. The molecule has 0 aliphatic heterocycles. The van der Waals surface area contributed by atoms with Crippen molar-refractivity contribution >= 4 is 21.6 Å². The van der Waals surface area contributed by atoms with Crippen LogP contribution in [0.4, 0.5) is 18.9 Å². The van der Waals surface area contributed by atoms with Crippen LogP contribution in [0.1, 0.15) is 11.7 Å². The van der Waals surface area contributed by atoms with Crippen molar-refractivity contribution in [2.24, 2.45) is 0 Å². The number of hydrogen-bond acceptors (Lipinski definition) is 4. The maximum atomic E-state index is 12.2. The van der Waals surface area contributed by atoms with Gasteiger partial charge in [-0.2, -0.15) is 13.2 Å². The van der Waals surface area contributed by atoms with Gasteiger partial charge >= 0.3 is 11.9 Å². The molecule has 94 valence electrons. The Morgan fingerprint density at radius 2 is 1.94 bits per heavy atom. The van der Waals surface area contributed by atoms with Crippen molar-refractivity contribution in [3.05, 3.63) is 32.3 Å². The Kier molecular flexibility index (Phi) is 3.62. The maximum Gasteiger partial charge on any atom is 0.418 e. The highest BCUT2D eigenvalue weighted by Gasteiger charge is 2.40. The smallest absolute Gasteiger partial charge is 0.418 e. The molecular formula is C8H5BrF3NO4. The van der Waals surface area contributed by atoms with E-state index in [0.29, 0.717) is 6.07 Å². The van der Waals surface area contributed by atoms with Crippen molar-refractivity contribution < 1.29 is 28.3 Å². The number of phenolic OH excluding ortho intramolecular Hbond substituents is 1. The molecule has 0 aliphatic rings. The van der Waals surface area contributed by atoms with Crippen LogP contribution in [-0.4, -0.2) is 21.3 Å². The Morgan fingerprint density at radius 3 is 2.35 bits per heavy atom. The Balaban J connectivity index is 3.34. The molecule has 0 saturated heterocycles. The fraction of sp³-hybridized carbons (Fsp3) is 0.250. The highest BCUT2D eigenvalue weighted by Crippen LogP contribution is 2.40. The van der Waals surface area contributed by atoms with E-state index in [4.69, 9.17) is 5.11 Å². The monoisotopic (exact) mass is 315 g/mol. The minimum Gasteiger partial charge on any atom is -0.501 e. The summed E-state index contributed by atoms with van der Waals surface area (Å²) in [5.41, 5.74) is -1.65. The van der Waals surface area contributed by atoms with E-state index in [1.54, 1.807) is 0 Å². The second kappa shape index (κ2) is 4.49. The lowest BCUT2D eigenvalue weighted by Gasteiger charge is -2.15. The Bertz CT molecular complexity index is 463. The largest absolute Gasteiger partial charge is 0.501 e. The average Bonchev–Trinajstić information content (AvgIpc) is 2.19. The summed E-state index contributed by atoms with van der Waals surface area (Å²) in [6.45, 7) is 0. The van der Waals surface area contributed by atoms with Crippen LogP contribution in [0.3, 0.4) is 0 Å². The summed E-state index contributed by atoms with van der Waals surface area (Å²) < 4.78 is 36.3. The summed E-state index contributed by atoms with van der Waals surface area (Å²) in [5, 5.41) is 28.6. The Labute approximate surface area is 101 Å². The predicted molar refractivity (Wildman–Crippen MR) is 53.5 cm³/mol. The van der Waals surface area contributed by atoms with Crippen LogP contribution in [0.15, 0.2) is 16.6 Å². The molecule has 1 aromatic carbocycles. The topological polar surface area (TPSA) is 83.6 Å². The van der Waals surface area contributed by atoms with E-state index < -0.39 is 34.2 Å². The van der Waals surface area contributed by atoms with Gasteiger partial charge < -0.3 is 10.2 Å². The fourth-order valence-electron chi connectivity index (χ4n) is 1.09. The number of halogens is 4. The highest BCUT2D eigenvalue weighted by molar-refractivity contribution is 9.10. The molecular weight excluding hydrogens is 311 g/mol. The second-order valence-electron chi connectivity index (χ2n) is 3.07. The van der Waals surface area contributed by atoms with E-state index >= 15 is 0 Å². The minimum absolute atomic E-state index is 0.301. The highest BCUT2D eigenvalue weighted by atomic mass is 79.9. The van der Waals surface area contributed by atoms with E-state index in [1.807, 2.05) is 0 Å². The Hall–Kier alpha value is -1.35. The van der Waals surface area contributed by atoms with Gasteiger partial charge in [-0.05, 0) is 27.6 Å². The van der Waals surface area contributed by atoms with Crippen molar-refractivity contribution in [3.8, 4) is 5.75 Å². The first-order valence-corrected chi connectivity index (χ1v) is 4.85. The summed E-state index contributed by atoms with van der Waals surface area (Å²) >= 11 is 2.67. The van der Waals surface area contributed by atoms with Crippen LogP contribution in [0.2, 0.25) is 0 Å². The first-order chi connectivity index (χ1) is 7.64. The standard InChI is InChI=1S/C8H5BrF3NO4/c9-4-1-3(7(15)8(10,11)12)2-5(6(4)14)13(16)17/h1-2,7,14-15H. The van der Waals surface area contributed by atoms with Crippen molar-refractivity contribution in [1.29, 1.82) is 0 Å². The molecule has 0 bridgehead atoms. The molecule has 0 fully saturated rings. The lowest BCUT2D eigenvalue weighted by atomic mass is 10.1. The summed E-state index contributed by atoms with van der Waals surface area (Å²) in [5.74, 6) is -0.798. The number of aliphatic hydroxyl groups is 1. The van der Waals surface area contributed by atoms with Gasteiger partial charge in [0.05, 0.1) is 9.40 Å². The summed E-state index contributed by atoms with van der Waals surface area (Å²) in [4.78, 5) is 9.41. The van der Waals surface area contributed by atoms with E-state index in [0.717, 1.165) is 6.07 Å². The number of rotatable bonds is 2. The molecule has 0 amide bonds. The van der Waals surface area contributed by atoms with E-state index in [2.05, 4.69) is 15.9 Å². The molecule has 1 unspecified atom stereocenters. The molecule has 0 heterocycles. The zero-order valence-electron chi connectivity index (χ0n) is 7.90. The zero-order valence-corrected chi connectivity index (χ0v) is 9.49. The molecule has 0 spiro atoms. The first-order valence-electron chi connectivity index (χ1n) is 4.06. The number of nitro benzene ring substituents is 1. The van der Waals surface area contributed by atoms with Crippen molar-refractivity contribution in [3.63, 3.8) is 0 Å². The number of alkyl halides is 3. The van der Waals surface area contributed by atoms with E-state index in [9.17, 15) is 28.4 Å². The van der Waals surface area contributed by atoms with Gasteiger partial charge in [-0.1, -0.05) is 0 Å². The number of nitrogens with zero attached hydrogens (tertiary/aromatic N) is 1. The average molecular weight is 316 g/mol. The van der Waals surface area contributed by atoms with Crippen LogP contribution in [0, 0.1) is 10.1 Å². The van der Waals surface area contributed by atoms with Crippen LogP contribution in [-0.2, 0) is 0 Å². The molecule has 17 heavy (non-hydrogen) atoms. The van der Waals surface area contributed by atoms with Crippen LogP contribution < -0.4 is 0 Å². The molecule has 2 N–H and O–H groups in total. The van der Waals surface area contributed by atoms with Gasteiger partial charge in [0.25, 0.3) is 0 Å². The molecule has 0 aromatic heterocycles. The number of aliphatic hydroxyl groups excluding tert-OH is 1. The van der Waals surface area contributed by atoms with Gasteiger partial charge in [0, 0.05) is 6.07 Å². The van der Waals surface area contributed by atoms with Crippen LogP contribution >= 0.6 is 15.9 Å². The number of aromatic hydroxyl groups is 1. The lowest BCUT2D eigenvalue weighted by molar-refractivity contribution is -0.386. The van der Waals surface area contributed by atoms with Gasteiger partial charge in [0.1, 0.15) is 0 Å². The third-order valence-corrected chi connectivity index (χ3v) is 2.49. The van der Waals surface area contributed by atoms with Crippen LogP contribution in [0.25, 0.3) is 0 Å². The predicted octanol–water partition coefficient (Wildman–Crippen LogP) is 2.66. The van der Waals surface area contributed by atoms with Gasteiger partial charge in [-0.3, -0.25) is 10.1 Å². The molecule has 1 aromatic rings. The van der Waals surface area contributed by atoms with E-state index in [1.165, 1.54) is 0 Å². The quantitative estimate of drug-likeness (QED) is 0.649. The molecule has 0 aliphatic carbocycles. The summed E-state index contributed by atoms with van der Waals surface area (Å²) in [7, 11) is 0. The molecule has 1 rings (SSSR count). The van der Waals surface area contributed by atoms with Gasteiger partial charge in [0.15, 0.2) is 6.10 Å². The fourth-order valence-corrected chi connectivity index (χ4v) is 1.56. The molecule has 5 nitrogen and oxygen atoms in total. The van der Waals surface area contributed by atoms with Gasteiger partial charge in [-0.25, -0.2) is 0 Å².